The fourth-order valence-corrected chi connectivity index (χ4v) is 6.60. The number of carbonyl (C=O) groups is 3. The fraction of sp³-hybridized carbons (Fsp3) is 0.536. The molecule has 1 aromatic rings. The number of likely N-dealkylation sites (tertiary alicyclic amines) is 1. The number of aliphatic hydroxyl groups is 1. The summed E-state index contributed by atoms with van der Waals surface area (Å²) >= 11 is 0. The quantitative estimate of drug-likeness (QED) is 0.371. The molecule has 4 heterocycles. The summed E-state index contributed by atoms with van der Waals surface area (Å²) in [6.07, 6.45) is 9.27. The van der Waals surface area contributed by atoms with Gasteiger partial charge in [-0.2, -0.15) is 0 Å². The van der Waals surface area contributed by atoms with Crippen LogP contribution in [0.5, 0.6) is 0 Å². The highest BCUT2D eigenvalue weighted by Gasteiger charge is 2.74. The molecule has 4 aliphatic heterocycles. The van der Waals surface area contributed by atoms with Gasteiger partial charge in [-0.1, -0.05) is 36.4 Å². The molecule has 36 heavy (non-hydrogen) atoms. The van der Waals surface area contributed by atoms with E-state index in [0.717, 1.165) is 23.2 Å². The largest absolute Gasteiger partial charge is 0.461 e. The number of ether oxygens (including phenoxy) is 2. The van der Waals surface area contributed by atoms with Gasteiger partial charge in [-0.3, -0.25) is 14.4 Å². The van der Waals surface area contributed by atoms with Crippen molar-refractivity contribution in [2.75, 3.05) is 31.2 Å². The number of cyclic esters (lactones) is 1. The lowest BCUT2D eigenvalue weighted by Gasteiger charge is -2.37. The smallest absolute Gasteiger partial charge is 0.313 e. The predicted octanol–water partition coefficient (Wildman–Crippen LogP) is 2.45. The molecule has 2 saturated heterocycles. The molecule has 1 N–H and O–H groups in total. The van der Waals surface area contributed by atoms with Crippen LogP contribution in [0.25, 0.3) is 0 Å². The van der Waals surface area contributed by atoms with Crippen molar-refractivity contribution >= 4 is 23.5 Å². The molecule has 2 fully saturated rings. The first-order chi connectivity index (χ1) is 17.2. The van der Waals surface area contributed by atoms with Crippen LogP contribution < -0.4 is 4.90 Å². The maximum atomic E-state index is 14.4. The van der Waals surface area contributed by atoms with Crippen molar-refractivity contribution in [1.82, 2.24) is 4.90 Å². The lowest BCUT2D eigenvalue weighted by atomic mass is 9.75. The minimum absolute atomic E-state index is 0.0770. The number of anilines is 1. The molecule has 8 nitrogen and oxygen atoms in total. The number of unbranched alkanes of at least 4 members (excludes halogenated alkanes) is 2. The Hall–Kier alpha value is -2.97. The average molecular weight is 495 g/mol. The number of aryl methyl sites for hydroxylation is 2. The van der Waals surface area contributed by atoms with Crippen LogP contribution in [0.1, 0.15) is 37.3 Å². The molecule has 8 heteroatoms. The lowest BCUT2D eigenvalue weighted by Crippen LogP contribution is -2.56. The summed E-state index contributed by atoms with van der Waals surface area (Å²) in [7, 11) is 0. The summed E-state index contributed by atoms with van der Waals surface area (Å²) in [4.78, 5) is 45.0. The Bertz CT molecular complexity index is 1120. The molecule has 5 atom stereocenters. The van der Waals surface area contributed by atoms with E-state index in [1.54, 1.807) is 28.9 Å². The highest BCUT2D eigenvalue weighted by Crippen LogP contribution is 2.57. The fourth-order valence-electron chi connectivity index (χ4n) is 6.60. The van der Waals surface area contributed by atoms with E-state index in [4.69, 9.17) is 9.47 Å². The molecule has 0 bridgehead atoms. The summed E-state index contributed by atoms with van der Waals surface area (Å²) in [5.41, 5.74) is 0.431. The van der Waals surface area contributed by atoms with E-state index in [9.17, 15) is 19.5 Å². The van der Waals surface area contributed by atoms with Crippen molar-refractivity contribution in [2.24, 2.45) is 11.8 Å². The van der Waals surface area contributed by atoms with Gasteiger partial charge in [0.05, 0.1) is 11.5 Å². The zero-order valence-electron chi connectivity index (χ0n) is 21.1. The van der Waals surface area contributed by atoms with Crippen LogP contribution in [-0.2, 0) is 23.9 Å². The number of aliphatic hydroxyl groups excluding tert-OH is 1. The number of fused-ring (bicyclic) bond motifs is 2. The van der Waals surface area contributed by atoms with Gasteiger partial charge in [-0.25, -0.2) is 0 Å². The van der Waals surface area contributed by atoms with Crippen LogP contribution in [0.2, 0.25) is 0 Å². The number of benzene rings is 1. The highest BCUT2D eigenvalue weighted by molar-refractivity contribution is 6.06. The molecule has 0 aromatic heterocycles. The van der Waals surface area contributed by atoms with Crippen molar-refractivity contribution in [2.45, 2.75) is 57.3 Å². The highest BCUT2D eigenvalue weighted by atomic mass is 16.6. The van der Waals surface area contributed by atoms with E-state index in [2.05, 4.69) is 0 Å². The second kappa shape index (κ2) is 9.16. The van der Waals surface area contributed by atoms with Crippen molar-refractivity contribution in [3.63, 3.8) is 0 Å². The van der Waals surface area contributed by atoms with Gasteiger partial charge in [-0.05, 0) is 57.2 Å². The number of carbonyl (C=O) groups excluding carboxylic acids is 3. The second-order valence-corrected chi connectivity index (χ2v) is 10.4. The van der Waals surface area contributed by atoms with Crippen LogP contribution in [0.3, 0.4) is 0 Å². The maximum absolute atomic E-state index is 14.4. The number of esters is 1. The van der Waals surface area contributed by atoms with E-state index in [1.165, 1.54) is 0 Å². The molecule has 192 valence electrons. The molecule has 1 aromatic carbocycles. The molecular weight excluding hydrogens is 460 g/mol. The van der Waals surface area contributed by atoms with Crippen molar-refractivity contribution in [3.05, 3.63) is 53.6 Å². The van der Waals surface area contributed by atoms with Gasteiger partial charge in [-0.15, -0.1) is 0 Å². The number of nitrogens with zero attached hydrogens (tertiary/aromatic N) is 2. The van der Waals surface area contributed by atoms with Crippen molar-refractivity contribution in [1.29, 1.82) is 0 Å². The normalized spacial score (nSPS) is 33.2. The molecule has 0 aliphatic carbocycles. The summed E-state index contributed by atoms with van der Waals surface area (Å²) < 4.78 is 12.1. The topological polar surface area (TPSA) is 96.4 Å². The number of hydrogen-bond donors (Lipinski definition) is 1. The summed E-state index contributed by atoms with van der Waals surface area (Å²) in [5.74, 6) is -2.66. The summed E-state index contributed by atoms with van der Waals surface area (Å²) in [6.45, 7) is 6.64. The Kier molecular flexibility index (Phi) is 6.29. The van der Waals surface area contributed by atoms with Crippen molar-refractivity contribution < 1.29 is 29.0 Å². The average Bonchev–Trinajstić information content (AvgIpc) is 3.08. The minimum Gasteiger partial charge on any atom is -0.461 e. The van der Waals surface area contributed by atoms with Crippen LogP contribution in [0.4, 0.5) is 5.69 Å². The first kappa shape index (κ1) is 24.7. The van der Waals surface area contributed by atoms with Gasteiger partial charge in [0.25, 0.3) is 5.91 Å². The van der Waals surface area contributed by atoms with Gasteiger partial charge >= 0.3 is 5.97 Å². The van der Waals surface area contributed by atoms with E-state index in [0.29, 0.717) is 25.9 Å². The van der Waals surface area contributed by atoms with Crippen LogP contribution in [-0.4, -0.2) is 71.3 Å². The van der Waals surface area contributed by atoms with Gasteiger partial charge in [0.1, 0.15) is 24.2 Å². The lowest BCUT2D eigenvalue weighted by molar-refractivity contribution is -0.156. The van der Waals surface area contributed by atoms with E-state index in [1.807, 2.05) is 44.2 Å². The van der Waals surface area contributed by atoms with Gasteiger partial charge in [0, 0.05) is 25.4 Å². The van der Waals surface area contributed by atoms with Gasteiger partial charge in [0.15, 0.2) is 0 Å². The van der Waals surface area contributed by atoms with E-state index in [-0.39, 0.29) is 25.0 Å². The molecular formula is C28H34N2O6. The van der Waals surface area contributed by atoms with E-state index >= 15 is 0 Å². The van der Waals surface area contributed by atoms with E-state index < -0.39 is 35.0 Å². The third-order valence-electron chi connectivity index (χ3n) is 8.08. The molecule has 4 aliphatic rings. The molecule has 1 spiro atoms. The Morgan fingerprint density at radius 3 is 2.47 bits per heavy atom. The second-order valence-electron chi connectivity index (χ2n) is 10.4. The third kappa shape index (κ3) is 3.61. The number of para-hydroxylation sites is 1. The van der Waals surface area contributed by atoms with Gasteiger partial charge < -0.3 is 24.4 Å². The standard InChI is InChI=1S/C28H34N2O6/c1-18-10-7-11-19(2)22(18)29-15-8-13-28-20(21-26(34)35-17-9-12-27(21,3)36-28)24(32)30(23(28)25(29)33)14-5-4-6-16-31/h7-13,20-21,23,31H,4-6,14-17H2,1-3H3/t20-,21+,23?,27-,28-/m0/s1. The Morgan fingerprint density at radius 2 is 1.75 bits per heavy atom. The van der Waals surface area contributed by atoms with Crippen LogP contribution in [0.15, 0.2) is 42.5 Å². The number of rotatable bonds is 6. The number of hydrogen-bond acceptors (Lipinski definition) is 6. The third-order valence-corrected chi connectivity index (χ3v) is 8.08. The molecule has 0 radical (unpaired) electrons. The minimum atomic E-state index is -1.28. The molecule has 0 saturated carbocycles. The van der Waals surface area contributed by atoms with Crippen LogP contribution >= 0.6 is 0 Å². The molecule has 2 amide bonds. The van der Waals surface area contributed by atoms with Crippen molar-refractivity contribution in [3.8, 4) is 0 Å². The summed E-state index contributed by atoms with van der Waals surface area (Å²) in [6, 6.07) is 5.00. The SMILES string of the molecule is Cc1cccc(C)c1N1CC=C[C@]23O[C@@]4(C)C=CCOC(=O)[C@H]4[C@H]2C(=O)N(CCCCCO)C3C1=O. The Labute approximate surface area is 211 Å². The Balaban J connectivity index is 1.62. The summed E-state index contributed by atoms with van der Waals surface area (Å²) in [5, 5.41) is 9.21. The zero-order valence-corrected chi connectivity index (χ0v) is 21.1. The monoisotopic (exact) mass is 494 g/mol. The predicted molar refractivity (Wildman–Crippen MR) is 133 cm³/mol. The first-order valence-corrected chi connectivity index (χ1v) is 12.8. The Morgan fingerprint density at radius 1 is 1.00 bits per heavy atom. The maximum Gasteiger partial charge on any atom is 0.313 e. The first-order valence-electron chi connectivity index (χ1n) is 12.8. The molecule has 1 unspecified atom stereocenters. The zero-order chi connectivity index (χ0) is 25.7. The van der Waals surface area contributed by atoms with Gasteiger partial charge in [0.2, 0.25) is 5.91 Å². The van der Waals surface area contributed by atoms with Crippen LogP contribution in [0, 0.1) is 25.7 Å². The molecule has 5 rings (SSSR count). The number of amides is 2.